The van der Waals surface area contributed by atoms with Gasteiger partial charge in [-0.25, -0.2) is 8.42 Å². The van der Waals surface area contributed by atoms with Crippen LogP contribution in [0, 0.1) is 6.92 Å². The molecule has 14 heavy (non-hydrogen) atoms. The number of sulfone groups is 1. The largest absolute Gasteiger partial charge is 0.299 e. The molecule has 0 amide bonds. The molecule has 0 atom stereocenters. The molecule has 1 aromatic carbocycles. The van der Waals surface area contributed by atoms with Crippen LogP contribution in [0.3, 0.4) is 0 Å². The zero-order chi connectivity index (χ0) is 10.8. The summed E-state index contributed by atoms with van der Waals surface area (Å²) in [5.41, 5.74) is 0.992. The normalized spacial score (nSPS) is 11.3. The summed E-state index contributed by atoms with van der Waals surface area (Å²) in [7, 11) is -3.43. The summed E-state index contributed by atoms with van der Waals surface area (Å²) in [6.45, 7) is 3.15. The average Bonchev–Trinajstić information content (AvgIpc) is 2.02. The quantitative estimate of drug-likeness (QED) is 0.760. The molecule has 0 N–H and O–H groups in total. The summed E-state index contributed by atoms with van der Waals surface area (Å²) in [6.07, 6.45) is 0. The Kier molecular flexibility index (Phi) is 3.06. The van der Waals surface area contributed by atoms with Gasteiger partial charge in [0.25, 0.3) is 0 Å². The van der Waals surface area contributed by atoms with Crippen molar-refractivity contribution in [2.45, 2.75) is 18.7 Å². The maximum absolute atomic E-state index is 11.5. The lowest BCUT2D eigenvalue weighted by Gasteiger charge is -2.01. The highest BCUT2D eigenvalue weighted by atomic mass is 32.2. The molecule has 0 aromatic heterocycles. The van der Waals surface area contributed by atoms with E-state index in [1.54, 1.807) is 12.1 Å². The van der Waals surface area contributed by atoms with Crippen LogP contribution in [0.4, 0.5) is 0 Å². The monoisotopic (exact) mass is 212 g/mol. The Bertz CT molecular complexity index is 429. The first kappa shape index (κ1) is 10.9. The topological polar surface area (TPSA) is 51.2 Å². The third kappa shape index (κ3) is 2.67. The van der Waals surface area contributed by atoms with Crippen LogP contribution in [-0.4, -0.2) is 20.0 Å². The third-order valence-electron chi connectivity index (χ3n) is 1.77. The van der Waals surface area contributed by atoms with Crippen LogP contribution in [0.2, 0.25) is 0 Å². The van der Waals surface area contributed by atoms with E-state index in [-0.39, 0.29) is 10.7 Å². The van der Waals surface area contributed by atoms with Crippen LogP contribution in [0.15, 0.2) is 29.2 Å². The Balaban J connectivity index is 3.05. The van der Waals surface area contributed by atoms with Gasteiger partial charge in [-0.05, 0) is 26.0 Å². The lowest BCUT2D eigenvalue weighted by atomic mass is 10.2. The number of carbonyl (C=O) groups excluding carboxylic acids is 1. The van der Waals surface area contributed by atoms with Gasteiger partial charge in [0.2, 0.25) is 0 Å². The molecular formula is C10H12O3S. The van der Waals surface area contributed by atoms with Crippen molar-refractivity contribution in [1.29, 1.82) is 0 Å². The van der Waals surface area contributed by atoms with E-state index in [2.05, 4.69) is 0 Å². The van der Waals surface area contributed by atoms with Gasteiger partial charge in [-0.3, -0.25) is 4.79 Å². The van der Waals surface area contributed by atoms with E-state index in [1.165, 1.54) is 19.1 Å². The number of ketones is 1. The summed E-state index contributed by atoms with van der Waals surface area (Å²) >= 11 is 0. The molecule has 0 unspecified atom stereocenters. The number of hydrogen-bond donors (Lipinski definition) is 0. The number of hydrogen-bond acceptors (Lipinski definition) is 3. The summed E-state index contributed by atoms with van der Waals surface area (Å²) in [5.74, 6) is -0.763. The molecule has 0 radical (unpaired) electrons. The summed E-state index contributed by atoms with van der Waals surface area (Å²) in [5, 5.41) is 0. The maximum Gasteiger partial charge on any atom is 0.185 e. The predicted octanol–water partition coefficient (Wildman–Crippen LogP) is 1.36. The third-order valence-corrected chi connectivity index (χ3v) is 3.55. The molecule has 4 heteroatoms. The van der Waals surface area contributed by atoms with Crippen molar-refractivity contribution >= 4 is 15.6 Å². The van der Waals surface area contributed by atoms with Crippen molar-refractivity contribution in [3.8, 4) is 0 Å². The van der Waals surface area contributed by atoms with Gasteiger partial charge in [-0.15, -0.1) is 0 Å². The number of aryl methyl sites for hydroxylation is 1. The molecule has 0 spiro atoms. The Labute approximate surface area is 83.7 Å². The maximum atomic E-state index is 11.5. The second kappa shape index (κ2) is 3.92. The van der Waals surface area contributed by atoms with E-state index < -0.39 is 15.6 Å². The fraction of sp³-hybridized carbons (Fsp3) is 0.300. The van der Waals surface area contributed by atoms with E-state index >= 15 is 0 Å². The molecule has 3 nitrogen and oxygen atoms in total. The van der Waals surface area contributed by atoms with Crippen molar-refractivity contribution in [2.24, 2.45) is 0 Å². The summed E-state index contributed by atoms with van der Waals surface area (Å²) in [4.78, 5) is 10.9. The first-order valence-corrected chi connectivity index (χ1v) is 5.86. The minimum absolute atomic E-state index is 0.207. The number of Topliss-reactive ketones (excluding diaryl/α,β-unsaturated/α-hetero) is 1. The lowest BCUT2D eigenvalue weighted by molar-refractivity contribution is -0.114. The van der Waals surface area contributed by atoms with Gasteiger partial charge in [0, 0.05) is 0 Å². The standard InChI is InChI=1S/C10H12O3S/c1-8-3-5-10(6-4-8)14(12,13)7-9(2)11/h3-6H,7H2,1-2H3. The molecule has 0 aliphatic carbocycles. The minimum atomic E-state index is -3.43. The van der Waals surface area contributed by atoms with Gasteiger partial charge >= 0.3 is 0 Å². The fourth-order valence-corrected chi connectivity index (χ4v) is 2.35. The van der Waals surface area contributed by atoms with Crippen LogP contribution < -0.4 is 0 Å². The van der Waals surface area contributed by atoms with E-state index in [4.69, 9.17) is 0 Å². The van der Waals surface area contributed by atoms with Gasteiger partial charge in [0.05, 0.1) is 4.90 Å². The second-order valence-corrected chi connectivity index (χ2v) is 5.26. The van der Waals surface area contributed by atoms with Gasteiger partial charge < -0.3 is 0 Å². The first-order valence-electron chi connectivity index (χ1n) is 4.21. The van der Waals surface area contributed by atoms with Crippen LogP contribution in [0.25, 0.3) is 0 Å². The Hall–Kier alpha value is -1.16. The minimum Gasteiger partial charge on any atom is -0.299 e. The van der Waals surface area contributed by atoms with Gasteiger partial charge in [0.15, 0.2) is 9.84 Å². The Morgan fingerprint density at radius 3 is 2.14 bits per heavy atom. The van der Waals surface area contributed by atoms with E-state index in [9.17, 15) is 13.2 Å². The van der Waals surface area contributed by atoms with Crippen LogP contribution in [0.1, 0.15) is 12.5 Å². The van der Waals surface area contributed by atoms with Gasteiger partial charge in [-0.2, -0.15) is 0 Å². The van der Waals surface area contributed by atoms with Crippen LogP contribution in [-0.2, 0) is 14.6 Å². The highest BCUT2D eigenvalue weighted by molar-refractivity contribution is 7.92. The van der Waals surface area contributed by atoms with Crippen molar-refractivity contribution in [1.82, 2.24) is 0 Å². The first-order chi connectivity index (χ1) is 6.42. The van der Waals surface area contributed by atoms with Crippen molar-refractivity contribution in [2.75, 3.05) is 5.75 Å². The molecule has 0 saturated heterocycles. The smallest absolute Gasteiger partial charge is 0.185 e. The number of benzene rings is 1. The highest BCUT2D eigenvalue weighted by Gasteiger charge is 2.15. The van der Waals surface area contributed by atoms with Crippen molar-refractivity contribution < 1.29 is 13.2 Å². The molecule has 0 aliphatic heterocycles. The Morgan fingerprint density at radius 2 is 1.71 bits per heavy atom. The molecule has 1 aromatic rings. The average molecular weight is 212 g/mol. The number of carbonyl (C=O) groups is 1. The molecule has 76 valence electrons. The Morgan fingerprint density at radius 1 is 1.21 bits per heavy atom. The second-order valence-electron chi connectivity index (χ2n) is 3.27. The van der Waals surface area contributed by atoms with E-state index in [1.807, 2.05) is 6.92 Å². The molecule has 1 rings (SSSR count). The van der Waals surface area contributed by atoms with Gasteiger partial charge in [-0.1, -0.05) is 17.7 Å². The lowest BCUT2D eigenvalue weighted by Crippen LogP contribution is -2.13. The summed E-state index contributed by atoms with van der Waals surface area (Å²) < 4.78 is 23.1. The molecule has 0 bridgehead atoms. The zero-order valence-electron chi connectivity index (χ0n) is 8.15. The highest BCUT2D eigenvalue weighted by Crippen LogP contribution is 2.11. The van der Waals surface area contributed by atoms with E-state index in [0.29, 0.717) is 0 Å². The van der Waals surface area contributed by atoms with Crippen LogP contribution in [0.5, 0.6) is 0 Å². The van der Waals surface area contributed by atoms with Crippen LogP contribution >= 0.6 is 0 Å². The molecule has 0 aliphatic rings. The fourth-order valence-electron chi connectivity index (χ4n) is 1.10. The molecule has 0 heterocycles. The molecule has 0 saturated carbocycles. The number of rotatable bonds is 3. The zero-order valence-corrected chi connectivity index (χ0v) is 8.97. The van der Waals surface area contributed by atoms with Gasteiger partial charge in [0.1, 0.15) is 11.5 Å². The summed E-state index contributed by atoms with van der Waals surface area (Å²) in [6, 6.07) is 6.47. The SMILES string of the molecule is CC(=O)CS(=O)(=O)c1ccc(C)cc1. The molecular weight excluding hydrogens is 200 g/mol. The van der Waals surface area contributed by atoms with Crippen molar-refractivity contribution in [3.05, 3.63) is 29.8 Å². The molecule has 0 fully saturated rings. The van der Waals surface area contributed by atoms with Crippen molar-refractivity contribution in [3.63, 3.8) is 0 Å². The predicted molar refractivity (Wildman–Crippen MR) is 53.9 cm³/mol. The van der Waals surface area contributed by atoms with E-state index in [0.717, 1.165) is 5.56 Å².